The summed E-state index contributed by atoms with van der Waals surface area (Å²) in [6, 6.07) is 16.0. The lowest BCUT2D eigenvalue weighted by atomic mass is 10.1. The van der Waals surface area contributed by atoms with Crippen LogP contribution in [0.3, 0.4) is 0 Å². The van der Waals surface area contributed by atoms with Crippen molar-refractivity contribution in [2.75, 3.05) is 0 Å². The van der Waals surface area contributed by atoms with Crippen LogP contribution in [0.5, 0.6) is 5.75 Å². The quantitative estimate of drug-likeness (QED) is 0.415. The Morgan fingerprint density at radius 1 is 0.957 bits per heavy atom. The number of nitrogens with zero attached hydrogens (tertiary/aromatic N) is 2. The molecule has 0 saturated carbocycles. The number of hydrogen-bond donors (Lipinski definition) is 2. The summed E-state index contributed by atoms with van der Waals surface area (Å²) in [4.78, 5) is 4.37. The Hall–Kier alpha value is -3.34. The van der Waals surface area contributed by atoms with Gasteiger partial charge < -0.3 is 14.7 Å². The summed E-state index contributed by atoms with van der Waals surface area (Å²) in [7, 11) is 0. The summed E-state index contributed by atoms with van der Waals surface area (Å²) in [6.45, 7) is 0. The average Bonchev–Trinajstić information content (AvgIpc) is 2.60. The molecule has 0 saturated heterocycles. The summed E-state index contributed by atoms with van der Waals surface area (Å²) in [5.41, 5.74) is 1.24. The van der Waals surface area contributed by atoms with E-state index in [4.69, 9.17) is 4.42 Å². The van der Waals surface area contributed by atoms with Crippen LogP contribution in [0.25, 0.3) is 33.2 Å². The van der Waals surface area contributed by atoms with Crippen molar-refractivity contribution in [1.29, 1.82) is 0 Å². The minimum atomic E-state index is 0.198. The highest BCUT2D eigenvalue weighted by atomic mass is 16.4. The van der Waals surface area contributed by atoms with E-state index < -0.39 is 0 Å². The maximum absolute atomic E-state index is 9.52. The summed E-state index contributed by atoms with van der Waals surface area (Å²) in [5.74, 6) is 0.704. The van der Waals surface area contributed by atoms with Crippen molar-refractivity contribution in [3.05, 3.63) is 66.2 Å². The fraction of sp³-hybridized carbons (Fsp3) is 0. The van der Waals surface area contributed by atoms with Crippen LogP contribution in [0.1, 0.15) is 0 Å². The van der Waals surface area contributed by atoms with Crippen LogP contribution in [0.4, 0.5) is 0 Å². The highest BCUT2D eigenvalue weighted by Gasteiger charge is 2.08. The van der Waals surface area contributed by atoms with E-state index in [2.05, 4.69) is 10.1 Å². The minimum Gasteiger partial charge on any atom is -0.508 e. The van der Waals surface area contributed by atoms with Crippen LogP contribution < -0.4 is 5.36 Å². The molecule has 0 aliphatic rings. The second-order valence-electron chi connectivity index (χ2n) is 5.19. The van der Waals surface area contributed by atoms with Gasteiger partial charge in [-0.05, 0) is 35.7 Å². The molecule has 0 amide bonds. The second-order valence-corrected chi connectivity index (χ2v) is 5.19. The Labute approximate surface area is 130 Å². The van der Waals surface area contributed by atoms with Crippen molar-refractivity contribution in [2.24, 2.45) is 5.16 Å². The molecule has 23 heavy (non-hydrogen) atoms. The van der Waals surface area contributed by atoms with Gasteiger partial charge in [-0.2, -0.15) is 0 Å². The fourth-order valence-electron chi connectivity index (χ4n) is 2.59. The van der Waals surface area contributed by atoms with Gasteiger partial charge in [-0.15, -0.1) is 0 Å². The molecule has 2 aromatic heterocycles. The van der Waals surface area contributed by atoms with Gasteiger partial charge in [0, 0.05) is 23.0 Å². The second kappa shape index (κ2) is 5.14. The predicted molar refractivity (Wildman–Crippen MR) is 86.0 cm³/mol. The fourth-order valence-corrected chi connectivity index (χ4v) is 2.59. The van der Waals surface area contributed by atoms with E-state index in [0.29, 0.717) is 22.4 Å². The maximum atomic E-state index is 9.52. The van der Waals surface area contributed by atoms with Crippen LogP contribution in [0.15, 0.2) is 70.4 Å². The molecule has 5 heteroatoms. The molecule has 0 atom stereocenters. The molecule has 0 spiro atoms. The maximum Gasteiger partial charge on any atom is 0.155 e. The largest absolute Gasteiger partial charge is 0.508 e. The van der Waals surface area contributed by atoms with Crippen molar-refractivity contribution in [3.63, 3.8) is 0 Å². The molecular weight excluding hydrogens is 292 g/mol. The lowest BCUT2D eigenvalue weighted by Gasteiger charge is -2.05. The number of phenolic OH excluding ortho intramolecular Hbond substituents is 1. The number of para-hydroxylation sites is 1. The number of rotatable bonds is 1. The van der Waals surface area contributed by atoms with Gasteiger partial charge in [0.05, 0.1) is 0 Å². The first-order valence-electron chi connectivity index (χ1n) is 7.05. The summed E-state index contributed by atoms with van der Waals surface area (Å²) < 4.78 is 5.88. The third kappa shape index (κ3) is 2.28. The molecule has 2 N–H and O–H groups in total. The van der Waals surface area contributed by atoms with Crippen LogP contribution in [-0.2, 0) is 0 Å². The van der Waals surface area contributed by atoms with Gasteiger partial charge >= 0.3 is 0 Å². The van der Waals surface area contributed by atoms with E-state index >= 15 is 0 Å². The molecule has 0 unspecified atom stereocenters. The predicted octanol–water partition coefficient (Wildman–Crippen LogP) is 3.64. The summed E-state index contributed by atoms with van der Waals surface area (Å²) in [5, 5.41) is 25.0. The van der Waals surface area contributed by atoms with Crippen molar-refractivity contribution in [1.82, 2.24) is 4.98 Å². The standard InChI is InChI=1S/C18H12N2O3/c21-13-6-5-11-8-16(19-10-12(11)7-13)18-9-15(20-22)14-3-1-2-4-17(14)23-18/h1-10,21-22H. The van der Waals surface area contributed by atoms with Gasteiger partial charge in [-0.25, -0.2) is 0 Å². The first-order valence-corrected chi connectivity index (χ1v) is 7.05. The third-order valence-electron chi connectivity index (χ3n) is 3.72. The van der Waals surface area contributed by atoms with E-state index in [-0.39, 0.29) is 5.75 Å². The smallest absolute Gasteiger partial charge is 0.155 e. The Balaban J connectivity index is 1.97. The normalized spacial score (nSPS) is 12.1. The number of phenols is 1. The van der Waals surface area contributed by atoms with Gasteiger partial charge in [0.25, 0.3) is 0 Å². The van der Waals surface area contributed by atoms with Crippen LogP contribution in [-0.4, -0.2) is 15.3 Å². The van der Waals surface area contributed by atoms with E-state index in [1.807, 2.05) is 36.4 Å². The average molecular weight is 304 g/mol. The molecule has 0 aliphatic heterocycles. The molecular formula is C18H12N2O3. The zero-order valence-electron chi connectivity index (χ0n) is 12.0. The number of pyridine rings is 1. The molecule has 0 aliphatic carbocycles. The first-order chi connectivity index (χ1) is 11.2. The van der Waals surface area contributed by atoms with Gasteiger partial charge in [-0.1, -0.05) is 23.4 Å². The van der Waals surface area contributed by atoms with Crippen molar-refractivity contribution in [3.8, 4) is 17.2 Å². The van der Waals surface area contributed by atoms with Crippen LogP contribution in [0, 0.1) is 0 Å². The Morgan fingerprint density at radius 3 is 2.70 bits per heavy atom. The molecule has 4 aromatic rings. The van der Waals surface area contributed by atoms with Gasteiger partial charge in [-0.3, -0.25) is 4.98 Å². The summed E-state index contributed by atoms with van der Waals surface area (Å²) >= 11 is 0. The first kappa shape index (κ1) is 13.3. The van der Waals surface area contributed by atoms with E-state index in [9.17, 15) is 10.3 Å². The number of benzene rings is 2. The Morgan fingerprint density at radius 2 is 1.83 bits per heavy atom. The third-order valence-corrected chi connectivity index (χ3v) is 3.72. The molecule has 5 nitrogen and oxygen atoms in total. The lowest BCUT2D eigenvalue weighted by molar-refractivity contribution is 0.302. The number of hydrogen-bond acceptors (Lipinski definition) is 5. The number of fused-ring (bicyclic) bond motifs is 2. The highest BCUT2D eigenvalue weighted by molar-refractivity contribution is 5.86. The van der Waals surface area contributed by atoms with E-state index in [0.717, 1.165) is 16.2 Å². The molecule has 0 fully saturated rings. The Kier molecular flexibility index (Phi) is 2.98. The summed E-state index contributed by atoms with van der Waals surface area (Å²) in [6.07, 6.45) is 1.67. The van der Waals surface area contributed by atoms with Crippen molar-refractivity contribution >= 4 is 21.7 Å². The number of aromatic nitrogens is 1. The van der Waals surface area contributed by atoms with Gasteiger partial charge in [0.1, 0.15) is 22.4 Å². The minimum absolute atomic E-state index is 0.198. The topological polar surface area (TPSA) is 78.9 Å². The van der Waals surface area contributed by atoms with Crippen LogP contribution in [0.2, 0.25) is 0 Å². The van der Waals surface area contributed by atoms with Gasteiger partial charge in [0.2, 0.25) is 0 Å². The number of aromatic hydroxyl groups is 1. The van der Waals surface area contributed by atoms with E-state index in [1.54, 1.807) is 24.4 Å². The molecule has 2 heterocycles. The molecule has 112 valence electrons. The monoisotopic (exact) mass is 304 g/mol. The molecule has 0 radical (unpaired) electrons. The SMILES string of the molecule is ON=c1cc(-c2cc3ccc(O)cc3cn2)oc2ccccc12. The highest BCUT2D eigenvalue weighted by Crippen LogP contribution is 2.25. The van der Waals surface area contributed by atoms with Crippen molar-refractivity contribution < 1.29 is 14.7 Å². The Bertz CT molecular complexity index is 1100. The molecule has 4 rings (SSSR count). The lowest BCUT2D eigenvalue weighted by Crippen LogP contribution is -2.03. The molecule has 2 aromatic carbocycles. The molecule has 0 bridgehead atoms. The zero-order valence-corrected chi connectivity index (χ0v) is 12.0. The van der Waals surface area contributed by atoms with E-state index in [1.165, 1.54) is 0 Å². The van der Waals surface area contributed by atoms with Crippen molar-refractivity contribution in [2.45, 2.75) is 0 Å². The zero-order chi connectivity index (χ0) is 15.8. The van der Waals surface area contributed by atoms with Crippen LogP contribution >= 0.6 is 0 Å². The van der Waals surface area contributed by atoms with Gasteiger partial charge in [0.15, 0.2) is 5.76 Å².